The maximum absolute atomic E-state index is 12.2. The number of hydrogen-bond donors (Lipinski definition) is 2. The molecule has 0 bridgehead atoms. The molecule has 23 heavy (non-hydrogen) atoms. The maximum Gasteiger partial charge on any atom is 0.336 e. The molecule has 1 aliphatic heterocycles. The molecular weight excluding hydrogens is 356 g/mol. The van der Waals surface area contributed by atoms with Crippen LogP contribution >= 0.6 is 22.7 Å². The van der Waals surface area contributed by atoms with Gasteiger partial charge in [-0.1, -0.05) is 0 Å². The van der Waals surface area contributed by atoms with Gasteiger partial charge in [0.2, 0.25) is 10.0 Å². The highest BCUT2D eigenvalue weighted by molar-refractivity contribution is 7.91. The van der Waals surface area contributed by atoms with Crippen molar-refractivity contribution in [3.05, 3.63) is 38.9 Å². The lowest BCUT2D eigenvalue weighted by Gasteiger charge is -2.26. The number of rotatable bonds is 6. The largest absolute Gasteiger partial charge is 0.478 e. The smallest absolute Gasteiger partial charge is 0.336 e. The van der Waals surface area contributed by atoms with Crippen molar-refractivity contribution in [3.8, 4) is 0 Å². The maximum atomic E-state index is 12.2. The summed E-state index contributed by atoms with van der Waals surface area (Å²) < 4.78 is 26.9. The number of sulfonamides is 1. The van der Waals surface area contributed by atoms with Gasteiger partial charge >= 0.3 is 5.97 Å². The molecule has 1 aliphatic rings. The van der Waals surface area contributed by atoms with E-state index in [2.05, 4.69) is 21.1 Å². The SMILES string of the molecule is O=C(O)c1csc(S(=O)(=O)NCCN2CCc3sccc3C2)c1. The van der Waals surface area contributed by atoms with Gasteiger partial charge in [0.1, 0.15) is 4.21 Å². The first-order valence-corrected chi connectivity index (χ1v) is 10.3. The third kappa shape index (κ3) is 3.81. The first-order chi connectivity index (χ1) is 11.0. The molecule has 124 valence electrons. The van der Waals surface area contributed by atoms with Crippen LogP contribution in [-0.4, -0.2) is 44.0 Å². The van der Waals surface area contributed by atoms with E-state index in [0.717, 1.165) is 30.8 Å². The zero-order valence-corrected chi connectivity index (χ0v) is 14.6. The molecule has 2 aromatic rings. The average Bonchev–Trinajstić information content (AvgIpc) is 3.16. The van der Waals surface area contributed by atoms with Crippen molar-refractivity contribution in [1.82, 2.24) is 9.62 Å². The molecule has 2 N–H and O–H groups in total. The van der Waals surface area contributed by atoms with Gasteiger partial charge in [0.25, 0.3) is 0 Å². The Morgan fingerprint density at radius 2 is 2.22 bits per heavy atom. The number of carboxylic acids is 1. The molecule has 0 fully saturated rings. The lowest BCUT2D eigenvalue weighted by atomic mass is 10.1. The van der Waals surface area contributed by atoms with Crippen LogP contribution in [0.5, 0.6) is 0 Å². The Morgan fingerprint density at radius 3 is 2.96 bits per heavy atom. The van der Waals surface area contributed by atoms with Gasteiger partial charge in [-0.3, -0.25) is 4.90 Å². The van der Waals surface area contributed by atoms with Crippen LogP contribution in [0.2, 0.25) is 0 Å². The topological polar surface area (TPSA) is 86.7 Å². The van der Waals surface area contributed by atoms with Crippen molar-refractivity contribution in [2.45, 2.75) is 17.2 Å². The lowest BCUT2D eigenvalue weighted by Crippen LogP contribution is -2.37. The summed E-state index contributed by atoms with van der Waals surface area (Å²) in [7, 11) is -3.64. The Bertz CT molecular complexity index is 810. The highest BCUT2D eigenvalue weighted by Gasteiger charge is 2.20. The summed E-state index contributed by atoms with van der Waals surface area (Å²) in [5.74, 6) is -1.12. The summed E-state index contributed by atoms with van der Waals surface area (Å²) in [5.41, 5.74) is 1.32. The number of carboxylic acid groups (broad SMARTS) is 1. The van der Waals surface area contributed by atoms with E-state index >= 15 is 0 Å². The fourth-order valence-corrected chi connectivity index (χ4v) is 5.59. The number of carbonyl (C=O) groups is 1. The predicted octanol–water partition coefficient (Wildman–Crippen LogP) is 1.84. The fourth-order valence-electron chi connectivity index (χ4n) is 2.48. The molecule has 3 rings (SSSR count). The number of fused-ring (bicyclic) bond motifs is 1. The molecule has 0 aromatic carbocycles. The van der Waals surface area contributed by atoms with Crippen LogP contribution in [0, 0.1) is 0 Å². The standard InChI is InChI=1S/C14H16N2O4S3/c17-14(18)11-7-13(22-9-11)23(19,20)15-3-5-16-4-1-12-10(8-16)2-6-21-12/h2,6-7,9,15H,1,3-5,8H2,(H,17,18). The number of aromatic carboxylic acids is 1. The van der Waals surface area contributed by atoms with E-state index in [9.17, 15) is 13.2 Å². The molecule has 2 aromatic heterocycles. The minimum Gasteiger partial charge on any atom is -0.478 e. The van der Waals surface area contributed by atoms with Crippen LogP contribution in [0.3, 0.4) is 0 Å². The molecule has 3 heterocycles. The van der Waals surface area contributed by atoms with Crippen molar-refractivity contribution in [1.29, 1.82) is 0 Å². The molecule has 9 heteroatoms. The van der Waals surface area contributed by atoms with Gasteiger partial charge < -0.3 is 5.11 Å². The van der Waals surface area contributed by atoms with Gasteiger partial charge in [0.05, 0.1) is 5.56 Å². The molecule has 0 unspecified atom stereocenters. The average molecular weight is 372 g/mol. The second-order valence-electron chi connectivity index (χ2n) is 5.25. The molecule has 6 nitrogen and oxygen atoms in total. The third-order valence-electron chi connectivity index (χ3n) is 3.69. The highest BCUT2D eigenvalue weighted by atomic mass is 32.2. The fraction of sp³-hybridized carbons (Fsp3) is 0.357. The molecule has 0 saturated carbocycles. The Balaban J connectivity index is 1.54. The van der Waals surface area contributed by atoms with Gasteiger partial charge in [0.15, 0.2) is 0 Å². The second kappa shape index (κ2) is 6.70. The molecular formula is C14H16N2O4S3. The lowest BCUT2D eigenvalue weighted by molar-refractivity contribution is 0.0697. The Labute approximate surface area is 142 Å². The number of nitrogens with one attached hydrogen (secondary N) is 1. The summed E-state index contributed by atoms with van der Waals surface area (Å²) in [6.07, 6.45) is 1.01. The van der Waals surface area contributed by atoms with Crippen LogP contribution in [0.25, 0.3) is 0 Å². The summed E-state index contributed by atoms with van der Waals surface area (Å²) in [6, 6.07) is 3.31. The quantitative estimate of drug-likeness (QED) is 0.808. The van der Waals surface area contributed by atoms with Crippen molar-refractivity contribution in [2.75, 3.05) is 19.6 Å². The van der Waals surface area contributed by atoms with Crippen molar-refractivity contribution in [2.24, 2.45) is 0 Å². The first kappa shape index (κ1) is 16.6. The molecule has 0 amide bonds. The summed E-state index contributed by atoms with van der Waals surface area (Å²) >= 11 is 2.69. The van der Waals surface area contributed by atoms with E-state index in [1.165, 1.54) is 21.9 Å². The van der Waals surface area contributed by atoms with Crippen LogP contribution in [-0.2, 0) is 23.0 Å². The van der Waals surface area contributed by atoms with E-state index in [4.69, 9.17) is 5.11 Å². The number of nitrogens with zero attached hydrogens (tertiary/aromatic N) is 1. The van der Waals surface area contributed by atoms with Gasteiger partial charge in [-0.15, -0.1) is 22.7 Å². The number of hydrogen-bond acceptors (Lipinski definition) is 6. The highest BCUT2D eigenvalue weighted by Crippen LogP contribution is 2.24. The number of thiophene rings is 2. The minimum absolute atomic E-state index is 0.00334. The molecule has 0 atom stereocenters. The second-order valence-corrected chi connectivity index (χ2v) is 9.16. The van der Waals surface area contributed by atoms with Gasteiger partial charge in [-0.25, -0.2) is 17.9 Å². The third-order valence-corrected chi connectivity index (χ3v) is 7.62. The van der Waals surface area contributed by atoms with Crippen LogP contribution in [0.15, 0.2) is 27.1 Å². The minimum atomic E-state index is -3.64. The molecule has 0 radical (unpaired) electrons. The normalized spacial score (nSPS) is 15.5. The van der Waals surface area contributed by atoms with E-state index in [-0.39, 0.29) is 9.77 Å². The van der Waals surface area contributed by atoms with Crippen LogP contribution in [0.1, 0.15) is 20.8 Å². The Morgan fingerprint density at radius 1 is 1.39 bits per heavy atom. The van der Waals surface area contributed by atoms with E-state index in [0.29, 0.717) is 13.1 Å². The summed E-state index contributed by atoms with van der Waals surface area (Å²) in [6.45, 7) is 2.72. The zero-order valence-electron chi connectivity index (χ0n) is 12.2. The molecule has 0 spiro atoms. The van der Waals surface area contributed by atoms with E-state index in [1.54, 1.807) is 11.3 Å². The van der Waals surface area contributed by atoms with Gasteiger partial charge in [-0.2, -0.15) is 0 Å². The van der Waals surface area contributed by atoms with Crippen molar-refractivity contribution < 1.29 is 18.3 Å². The Kier molecular flexibility index (Phi) is 4.83. The van der Waals surface area contributed by atoms with Crippen molar-refractivity contribution >= 4 is 38.7 Å². The van der Waals surface area contributed by atoms with Crippen molar-refractivity contribution in [3.63, 3.8) is 0 Å². The van der Waals surface area contributed by atoms with Gasteiger partial charge in [-0.05, 0) is 29.5 Å². The van der Waals surface area contributed by atoms with Crippen LogP contribution in [0.4, 0.5) is 0 Å². The van der Waals surface area contributed by atoms with E-state index < -0.39 is 16.0 Å². The Hall–Kier alpha value is -1.26. The summed E-state index contributed by atoms with van der Waals surface area (Å²) in [5, 5.41) is 12.3. The molecule has 0 saturated heterocycles. The first-order valence-electron chi connectivity index (χ1n) is 7.05. The van der Waals surface area contributed by atoms with Crippen LogP contribution < -0.4 is 4.72 Å². The predicted molar refractivity (Wildman–Crippen MR) is 89.8 cm³/mol. The van der Waals surface area contributed by atoms with E-state index in [1.807, 2.05) is 0 Å². The molecule has 0 aliphatic carbocycles. The summed E-state index contributed by atoms with van der Waals surface area (Å²) in [4.78, 5) is 14.5. The monoisotopic (exact) mass is 372 g/mol. The van der Waals surface area contributed by atoms with Gasteiger partial charge in [0, 0.05) is 36.4 Å². The zero-order chi connectivity index (χ0) is 16.4.